The van der Waals surface area contributed by atoms with Crippen LogP contribution in [0.4, 0.5) is 0 Å². The molecule has 1 aliphatic rings. The molecule has 2 aromatic rings. The number of rotatable bonds is 2. The predicted octanol–water partition coefficient (Wildman–Crippen LogP) is 0.667. The number of aliphatic hydroxyl groups is 1. The Balaban J connectivity index is 1.82. The van der Waals surface area contributed by atoms with Crippen molar-refractivity contribution in [2.45, 2.75) is 18.8 Å². The summed E-state index contributed by atoms with van der Waals surface area (Å²) in [5.74, 6) is 0.168. The molecule has 0 radical (unpaired) electrons. The number of carbonyl (C=O) groups excluding carboxylic acids is 1. The summed E-state index contributed by atoms with van der Waals surface area (Å²) in [5, 5.41) is 14.6. The molecule has 0 spiro atoms. The molecule has 1 fully saturated rings. The van der Waals surface area contributed by atoms with Crippen LogP contribution in [-0.4, -0.2) is 50.4 Å². The molecule has 2 aromatic heterocycles. The van der Waals surface area contributed by atoms with Crippen LogP contribution < -0.4 is 0 Å². The van der Waals surface area contributed by atoms with Gasteiger partial charge < -0.3 is 10.0 Å². The minimum Gasteiger partial charge on any atom is -0.387 e. The fraction of sp³-hybridized carbons (Fsp3) is 0.500. The molecule has 1 saturated heterocycles. The molecule has 3 rings (SSSR count). The number of nitrogens with zero attached hydrogens (tertiary/aromatic N) is 4. The van der Waals surface area contributed by atoms with Crippen LogP contribution in [0.2, 0.25) is 0 Å². The summed E-state index contributed by atoms with van der Waals surface area (Å²) in [4.78, 5) is 17.6. The van der Waals surface area contributed by atoms with Gasteiger partial charge in [-0.25, -0.2) is 4.98 Å². The zero-order valence-electron chi connectivity index (χ0n) is 11.5. The Kier molecular flexibility index (Phi) is 3.40. The third-order valence-corrected chi connectivity index (χ3v) is 4.00. The van der Waals surface area contributed by atoms with Gasteiger partial charge in [-0.15, -0.1) is 0 Å². The van der Waals surface area contributed by atoms with Crippen molar-refractivity contribution < 1.29 is 9.90 Å². The summed E-state index contributed by atoms with van der Waals surface area (Å²) in [5.41, 5.74) is 1.98. The zero-order chi connectivity index (χ0) is 14.1. The van der Waals surface area contributed by atoms with E-state index in [1.807, 2.05) is 17.8 Å². The number of fused-ring (bicyclic) bond motifs is 1. The summed E-state index contributed by atoms with van der Waals surface area (Å²) in [6.45, 7) is 0.964. The van der Waals surface area contributed by atoms with Gasteiger partial charge in [0.05, 0.1) is 5.69 Å². The molecule has 0 unspecified atom stereocenters. The number of likely N-dealkylation sites (tertiary alicyclic amines) is 1. The summed E-state index contributed by atoms with van der Waals surface area (Å²) >= 11 is 0. The van der Waals surface area contributed by atoms with Gasteiger partial charge in [0.2, 0.25) is 5.91 Å². The number of aliphatic hydroxyl groups excluding tert-OH is 1. The van der Waals surface area contributed by atoms with Crippen molar-refractivity contribution in [2.24, 2.45) is 7.05 Å². The molecule has 1 N–H and O–H groups in total. The van der Waals surface area contributed by atoms with Gasteiger partial charge in [-0.05, 0) is 25.0 Å². The molecule has 0 bridgehead atoms. The highest BCUT2D eigenvalue weighted by Crippen LogP contribution is 2.31. The second-order valence-electron chi connectivity index (χ2n) is 5.20. The van der Waals surface area contributed by atoms with Crippen molar-refractivity contribution in [3.8, 4) is 0 Å². The number of pyridine rings is 1. The summed E-state index contributed by atoms with van der Waals surface area (Å²) in [7, 11) is 1.91. The zero-order valence-corrected chi connectivity index (χ0v) is 11.5. The molecule has 1 amide bonds. The number of hydrogen-bond acceptors (Lipinski definition) is 4. The smallest absolute Gasteiger partial charge is 0.248 e. The van der Waals surface area contributed by atoms with Gasteiger partial charge in [0.15, 0.2) is 5.65 Å². The number of aromatic nitrogens is 3. The lowest BCUT2D eigenvalue weighted by molar-refractivity contribution is -0.135. The molecule has 0 saturated carbocycles. The molecular formula is C14H18N4O2. The fourth-order valence-corrected chi connectivity index (χ4v) is 2.92. The van der Waals surface area contributed by atoms with Crippen molar-refractivity contribution in [3.05, 3.63) is 24.0 Å². The van der Waals surface area contributed by atoms with Crippen molar-refractivity contribution >= 4 is 16.9 Å². The lowest BCUT2D eigenvalue weighted by atomic mass is 9.92. The van der Waals surface area contributed by atoms with E-state index >= 15 is 0 Å². The number of carbonyl (C=O) groups is 1. The second-order valence-corrected chi connectivity index (χ2v) is 5.20. The second kappa shape index (κ2) is 5.20. The van der Waals surface area contributed by atoms with Crippen LogP contribution in [0.25, 0.3) is 11.0 Å². The standard InChI is InChI=1S/C14H18N4O2/c1-17-14-11(3-2-6-15-14)13(16-17)10-4-7-18(8-5-10)12(20)9-19/h2-3,6,10,19H,4-5,7-9H2,1H3. The summed E-state index contributed by atoms with van der Waals surface area (Å²) in [6.07, 6.45) is 3.54. The molecule has 3 heterocycles. The maximum atomic E-state index is 11.5. The maximum absolute atomic E-state index is 11.5. The van der Waals surface area contributed by atoms with Gasteiger partial charge in [-0.2, -0.15) is 5.10 Å². The fourth-order valence-electron chi connectivity index (χ4n) is 2.92. The Bertz CT molecular complexity index is 629. The molecule has 0 atom stereocenters. The number of aryl methyl sites for hydroxylation is 1. The Morgan fingerprint density at radius 1 is 1.45 bits per heavy atom. The first-order valence-corrected chi connectivity index (χ1v) is 6.87. The molecule has 1 aliphatic heterocycles. The SMILES string of the molecule is Cn1nc(C2CCN(C(=O)CO)CC2)c2cccnc21. The highest BCUT2D eigenvalue weighted by molar-refractivity contribution is 5.79. The highest BCUT2D eigenvalue weighted by atomic mass is 16.3. The lowest BCUT2D eigenvalue weighted by Crippen LogP contribution is -2.39. The monoisotopic (exact) mass is 274 g/mol. The molecule has 6 nitrogen and oxygen atoms in total. The normalized spacial score (nSPS) is 16.8. The van der Waals surface area contributed by atoms with E-state index in [2.05, 4.69) is 16.1 Å². The van der Waals surface area contributed by atoms with Crippen LogP contribution in [0.5, 0.6) is 0 Å². The number of hydrogen-bond donors (Lipinski definition) is 1. The average molecular weight is 274 g/mol. The van der Waals surface area contributed by atoms with Gasteiger partial charge in [0, 0.05) is 37.6 Å². The van der Waals surface area contributed by atoms with Gasteiger partial charge in [-0.3, -0.25) is 9.48 Å². The van der Waals surface area contributed by atoms with E-state index in [1.165, 1.54) is 0 Å². The van der Waals surface area contributed by atoms with Crippen LogP contribution in [0.1, 0.15) is 24.5 Å². The van der Waals surface area contributed by atoms with Crippen molar-refractivity contribution in [1.29, 1.82) is 0 Å². The number of piperidine rings is 1. The van der Waals surface area contributed by atoms with Gasteiger partial charge >= 0.3 is 0 Å². The Hall–Kier alpha value is -1.95. The maximum Gasteiger partial charge on any atom is 0.248 e. The van der Waals surface area contributed by atoms with Gasteiger partial charge in [0.1, 0.15) is 6.61 Å². The van der Waals surface area contributed by atoms with Crippen molar-refractivity contribution in [1.82, 2.24) is 19.7 Å². The Labute approximate surface area is 117 Å². The Morgan fingerprint density at radius 2 is 2.20 bits per heavy atom. The largest absolute Gasteiger partial charge is 0.387 e. The number of amides is 1. The molecule has 0 aliphatic carbocycles. The minimum atomic E-state index is -0.402. The van der Waals surface area contributed by atoms with E-state index < -0.39 is 6.61 Å². The van der Waals surface area contributed by atoms with Crippen LogP contribution in [-0.2, 0) is 11.8 Å². The van der Waals surface area contributed by atoms with Crippen molar-refractivity contribution in [3.63, 3.8) is 0 Å². The quantitative estimate of drug-likeness (QED) is 0.873. The van der Waals surface area contributed by atoms with Crippen LogP contribution in [0.3, 0.4) is 0 Å². The first-order chi connectivity index (χ1) is 9.70. The molecule has 6 heteroatoms. The third-order valence-electron chi connectivity index (χ3n) is 4.00. The van der Waals surface area contributed by atoms with Crippen LogP contribution in [0.15, 0.2) is 18.3 Å². The highest BCUT2D eigenvalue weighted by Gasteiger charge is 2.26. The first-order valence-electron chi connectivity index (χ1n) is 6.87. The van der Waals surface area contributed by atoms with E-state index in [-0.39, 0.29) is 5.91 Å². The summed E-state index contributed by atoms with van der Waals surface area (Å²) in [6, 6.07) is 3.98. The van der Waals surface area contributed by atoms with Crippen LogP contribution >= 0.6 is 0 Å². The topological polar surface area (TPSA) is 71.2 Å². The van der Waals surface area contributed by atoms with E-state index in [0.29, 0.717) is 19.0 Å². The molecule has 106 valence electrons. The van der Waals surface area contributed by atoms with Gasteiger partial charge in [-0.1, -0.05) is 0 Å². The lowest BCUT2D eigenvalue weighted by Gasteiger charge is -2.30. The third kappa shape index (κ3) is 2.16. The average Bonchev–Trinajstić information content (AvgIpc) is 2.84. The van der Waals surface area contributed by atoms with E-state index in [9.17, 15) is 4.79 Å². The Morgan fingerprint density at radius 3 is 2.90 bits per heavy atom. The van der Waals surface area contributed by atoms with Crippen molar-refractivity contribution in [2.75, 3.05) is 19.7 Å². The van der Waals surface area contributed by atoms with E-state index in [0.717, 1.165) is 29.6 Å². The van der Waals surface area contributed by atoms with Crippen LogP contribution in [0, 0.1) is 0 Å². The summed E-state index contributed by atoms with van der Waals surface area (Å²) < 4.78 is 1.82. The van der Waals surface area contributed by atoms with Gasteiger partial charge in [0.25, 0.3) is 0 Å². The molecule has 0 aromatic carbocycles. The molecule has 20 heavy (non-hydrogen) atoms. The first kappa shape index (κ1) is 13.1. The van der Waals surface area contributed by atoms with E-state index in [1.54, 1.807) is 11.1 Å². The minimum absolute atomic E-state index is 0.184. The predicted molar refractivity (Wildman–Crippen MR) is 74.1 cm³/mol. The molecular weight excluding hydrogens is 256 g/mol. The van der Waals surface area contributed by atoms with E-state index in [4.69, 9.17) is 5.11 Å².